The zero-order valence-electron chi connectivity index (χ0n) is 10.9. The Bertz CT molecular complexity index is 291. The minimum absolute atomic E-state index is 1.15. The van der Waals surface area contributed by atoms with E-state index in [2.05, 4.69) is 36.7 Å². The van der Waals surface area contributed by atoms with Crippen molar-refractivity contribution < 1.29 is 0 Å². The molecule has 0 N–H and O–H groups in total. The van der Waals surface area contributed by atoms with Crippen LogP contribution in [0.4, 0.5) is 5.82 Å². The Kier molecular flexibility index (Phi) is 5.91. The molecule has 0 amide bonds. The first-order chi connectivity index (χ1) is 7.77. The predicted octanol–water partition coefficient (Wildman–Crippen LogP) is 3.80. The number of nitrogens with zero attached hydrogens (tertiary/aromatic N) is 2. The zero-order valence-corrected chi connectivity index (χ0v) is 10.9. The molecule has 0 radical (unpaired) electrons. The van der Waals surface area contributed by atoms with Crippen LogP contribution in [0.2, 0.25) is 0 Å². The summed E-state index contributed by atoms with van der Waals surface area (Å²) in [6.45, 7) is 8.72. The maximum Gasteiger partial charge on any atom is 0.128 e. The van der Waals surface area contributed by atoms with Crippen molar-refractivity contribution in [3.05, 3.63) is 23.9 Å². The summed E-state index contributed by atoms with van der Waals surface area (Å²) in [6, 6.07) is 4.22. The lowest BCUT2D eigenvalue weighted by Crippen LogP contribution is -2.30. The third-order valence-electron chi connectivity index (χ3n) is 2.58. The summed E-state index contributed by atoms with van der Waals surface area (Å²) in [5.74, 6) is 1.15. The number of anilines is 1. The van der Waals surface area contributed by atoms with Gasteiger partial charge in [-0.3, -0.25) is 0 Å². The van der Waals surface area contributed by atoms with Crippen molar-refractivity contribution in [1.82, 2.24) is 4.98 Å². The number of pyridine rings is 1. The van der Waals surface area contributed by atoms with E-state index < -0.39 is 0 Å². The lowest BCUT2D eigenvalue weighted by Gasteiger charge is -2.27. The Morgan fingerprint density at radius 2 is 1.81 bits per heavy atom. The van der Waals surface area contributed by atoms with Gasteiger partial charge in [0.2, 0.25) is 0 Å². The average Bonchev–Trinajstić information content (AvgIpc) is 2.31. The Labute approximate surface area is 99.7 Å². The summed E-state index contributed by atoms with van der Waals surface area (Å²) in [5.41, 5.74) is 1.30. The molecule has 1 aliphatic heterocycles. The number of rotatable bonds is 1. The van der Waals surface area contributed by atoms with Gasteiger partial charge < -0.3 is 4.90 Å². The molecule has 2 heteroatoms. The topological polar surface area (TPSA) is 16.1 Å². The quantitative estimate of drug-likeness (QED) is 0.715. The molecule has 2 rings (SSSR count). The van der Waals surface area contributed by atoms with Crippen LogP contribution in [0.3, 0.4) is 0 Å². The van der Waals surface area contributed by atoms with Crippen molar-refractivity contribution in [2.75, 3.05) is 18.0 Å². The maximum absolute atomic E-state index is 4.39. The molecule has 0 bridgehead atoms. The first-order valence-electron chi connectivity index (χ1n) is 6.45. The minimum atomic E-state index is 1.15. The first-order valence-corrected chi connectivity index (χ1v) is 6.45. The molecule has 0 spiro atoms. The van der Waals surface area contributed by atoms with E-state index in [1.54, 1.807) is 0 Å². The van der Waals surface area contributed by atoms with Crippen molar-refractivity contribution in [2.24, 2.45) is 0 Å². The van der Waals surface area contributed by atoms with Crippen LogP contribution in [0, 0.1) is 6.92 Å². The Morgan fingerprint density at radius 3 is 2.38 bits per heavy atom. The first kappa shape index (κ1) is 13.0. The van der Waals surface area contributed by atoms with Gasteiger partial charge in [0.1, 0.15) is 5.82 Å². The molecule has 0 unspecified atom stereocenters. The maximum atomic E-state index is 4.39. The van der Waals surface area contributed by atoms with Gasteiger partial charge in [0.15, 0.2) is 0 Å². The normalized spacial score (nSPS) is 15.3. The Balaban J connectivity index is 0.000000386. The highest BCUT2D eigenvalue weighted by Gasteiger charge is 2.11. The van der Waals surface area contributed by atoms with Crippen LogP contribution < -0.4 is 4.90 Å². The summed E-state index contributed by atoms with van der Waals surface area (Å²) in [6.07, 6.45) is 7.16. The monoisotopic (exact) mass is 220 g/mol. The second kappa shape index (κ2) is 7.26. The minimum Gasteiger partial charge on any atom is -0.357 e. The van der Waals surface area contributed by atoms with E-state index in [-0.39, 0.29) is 0 Å². The van der Waals surface area contributed by atoms with Gasteiger partial charge in [-0.05, 0) is 43.9 Å². The number of piperidine rings is 1. The van der Waals surface area contributed by atoms with Gasteiger partial charge in [-0.2, -0.15) is 0 Å². The predicted molar refractivity (Wildman–Crippen MR) is 71.0 cm³/mol. The fourth-order valence-corrected chi connectivity index (χ4v) is 1.82. The Morgan fingerprint density at radius 1 is 1.19 bits per heavy atom. The second-order valence-corrected chi connectivity index (χ2v) is 4.45. The van der Waals surface area contributed by atoms with E-state index in [4.69, 9.17) is 0 Å². The van der Waals surface area contributed by atoms with Gasteiger partial charge in [0, 0.05) is 19.3 Å². The highest BCUT2D eigenvalue weighted by atomic mass is 15.2. The second-order valence-electron chi connectivity index (χ2n) is 4.45. The van der Waals surface area contributed by atoms with Crippen molar-refractivity contribution in [1.29, 1.82) is 0 Å². The molecule has 16 heavy (non-hydrogen) atoms. The smallest absolute Gasteiger partial charge is 0.128 e. The summed E-state index contributed by atoms with van der Waals surface area (Å²) >= 11 is 0. The van der Waals surface area contributed by atoms with Crippen LogP contribution >= 0.6 is 0 Å². The number of hydrogen-bond donors (Lipinski definition) is 0. The van der Waals surface area contributed by atoms with E-state index in [1.165, 1.54) is 44.3 Å². The lowest BCUT2D eigenvalue weighted by atomic mass is 10.1. The van der Waals surface area contributed by atoms with E-state index in [9.17, 15) is 0 Å². The van der Waals surface area contributed by atoms with Gasteiger partial charge in [-0.25, -0.2) is 4.98 Å². The van der Waals surface area contributed by atoms with E-state index in [0.717, 1.165) is 5.82 Å². The van der Waals surface area contributed by atoms with E-state index in [0.29, 0.717) is 0 Å². The Hall–Kier alpha value is -1.05. The molecule has 1 aromatic rings. The molecule has 1 fully saturated rings. The van der Waals surface area contributed by atoms with Crippen molar-refractivity contribution in [3.8, 4) is 0 Å². The molecule has 0 saturated carbocycles. The van der Waals surface area contributed by atoms with Gasteiger partial charge in [-0.15, -0.1) is 0 Å². The molecule has 1 aromatic heterocycles. The van der Waals surface area contributed by atoms with Crippen LogP contribution in [0.5, 0.6) is 0 Å². The van der Waals surface area contributed by atoms with Crippen molar-refractivity contribution >= 4 is 5.82 Å². The van der Waals surface area contributed by atoms with Crippen LogP contribution in [-0.2, 0) is 0 Å². The SMILES string of the molecule is CCC.Cc1ccnc(N2CCCCC2)c1. The van der Waals surface area contributed by atoms with Crippen LogP contribution in [0.15, 0.2) is 18.3 Å². The van der Waals surface area contributed by atoms with Gasteiger partial charge in [-0.1, -0.05) is 20.3 Å². The lowest BCUT2D eigenvalue weighted by molar-refractivity contribution is 0.573. The fraction of sp³-hybridized carbons (Fsp3) is 0.643. The highest BCUT2D eigenvalue weighted by Crippen LogP contribution is 2.17. The van der Waals surface area contributed by atoms with E-state index in [1.807, 2.05) is 12.3 Å². The largest absolute Gasteiger partial charge is 0.357 e. The third-order valence-corrected chi connectivity index (χ3v) is 2.58. The molecule has 90 valence electrons. The van der Waals surface area contributed by atoms with Crippen LogP contribution in [0.25, 0.3) is 0 Å². The molecular weight excluding hydrogens is 196 g/mol. The van der Waals surface area contributed by atoms with Gasteiger partial charge in [0.25, 0.3) is 0 Å². The average molecular weight is 220 g/mol. The van der Waals surface area contributed by atoms with Crippen LogP contribution in [0.1, 0.15) is 45.1 Å². The van der Waals surface area contributed by atoms with Crippen molar-refractivity contribution in [2.45, 2.75) is 46.5 Å². The molecule has 0 aromatic carbocycles. The zero-order chi connectivity index (χ0) is 11.8. The van der Waals surface area contributed by atoms with Gasteiger partial charge in [0.05, 0.1) is 0 Å². The standard InChI is InChI=1S/C11H16N2.C3H8/c1-10-5-6-12-11(9-10)13-7-3-2-4-8-13;1-3-2/h5-6,9H,2-4,7-8H2,1H3;3H2,1-2H3. The molecule has 1 saturated heterocycles. The summed E-state index contributed by atoms with van der Waals surface area (Å²) in [7, 11) is 0. The molecule has 0 atom stereocenters. The van der Waals surface area contributed by atoms with Gasteiger partial charge >= 0.3 is 0 Å². The molecule has 0 aliphatic carbocycles. The number of aromatic nitrogens is 1. The molecule has 2 heterocycles. The highest BCUT2D eigenvalue weighted by molar-refractivity contribution is 5.40. The number of hydrogen-bond acceptors (Lipinski definition) is 2. The molecule has 1 aliphatic rings. The van der Waals surface area contributed by atoms with Crippen LogP contribution in [-0.4, -0.2) is 18.1 Å². The van der Waals surface area contributed by atoms with E-state index >= 15 is 0 Å². The fourth-order valence-electron chi connectivity index (χ4n) is 1.82. The molecular formula is C14H24N2. The summed E-state index contributed by atoms with van der Waals surface area (Å²) in [5, 5.41) is 0. The third kappa shape index (κ3) is 4.21. The summed E-state index contributed by atoms with van der Waals surface area (Å²) in [4.78, 5) is 6.77. The van der Waals surface area contributed by atoms with Crippen molar-refractivity contribution in [3.63, 3.8) is 0 Å². The molecule has 2 nitrogen and oxygen atoms in total. The summed E-state index contributed by atoms with van der Waals surface area (Å²) < 4.78 is 0. The number of aryl methyl sites for hydroxylation is 1.